The van der Waals surface area contributed by atoms with Crippen LogP contribution < -0.4 is 5.32 Å². The molecule has 17 heavy (non-hydrogen) atoms. The van der Waals surface area contributed by atoms with Crippen molar-refractivity contribution in [2.24, 2.45) is 0 Å². The molecule has 0 aromatic heterocycles. The third kappa shape index (κ3) is 1.92. The first-order valence-electron chi connectivity index (χ1n) is 5.22. The molecule has 1 nitrogen and oxygen atoms in total. The van der Waals surface area contributed by atoms with Crippen molar-refractivity contribution < 1.29 is 0 Å². The molecule has 3 rings (SSSR count). The van der Waals surface area contributed by atoms with E-state index in [0.717, 1.165) is 22.5 Å². The van der Waals surface area contributed by atoms with E-state index in [4.69, 9.17) is 23.2 Å². The Morgan fingerprint density at radius 3 is 2.53 bits per heavy atom. The predicted octanol–water partition coefficient (Wildman–Crippen LogP) is 4.74. The van der Waals surface area contributed by atoms with Crippen molar-refractivity contribution in [3.63, 3.8) is 0 Å². The Hall–Kier alpha value is -1.44. The van der Waals surface area contributed by atoms with Crippen molar-refractivity contribution in [3.05, 3.63) is 63.6 Å². The van der Waals surface area contributed by atoms with Gasteiger partial charge in [-0.15, -0.1) is 0 Å². The summed E-state index contributed by atoms with van der Waals surface area (Å²) in [6, 6.07) is 13.4. The van der Waals surface area contributed by atoms with Gasteiger partial charge in [-0.2, -0.15) is 0 Å². The number of halogens is 2. The maximum Gasteiger partial charge on any atom is 0.0731 e. The van der Waals surface area contributed by atoms with Crippen LogP contribution in [0.3, 0.4) is 0 Å². The standard InChI is InChI=1S/C14H8Cl2N/c15-10-5-6-11(12(16)8-10)14-7-9-3-1-2-4-13(9)17-14/h1-8H. The monoisotopic (exact) mass is 260 g/mol. The van der Waals surface area contributed by atoms with Crippen LogP contribution in [0.2, 0.25) is 10.0 Å². The van der Waals surface area contributed by atoms with Crippen LogP contribution in [0, 0.1) is 0 Å². The molecule has 0 unspecified atom stereocenters. The van der Waals surface area contributed by atoms with E-state index >= 15 is 0 Å². The van der Waals surface area contributed by atoms with Gasteiger partial charge in [0.25, 0.3) is 0 Å². The van der Waals surface area contributed by atoms with E-state index in [9.17, 15) is 0 Å². The number of hydrogen-bond donors (Lipinski definition) is 0. The highest BCUT2D eigenvalue weighted by molar-refractivity contribution is 6.35. The third-order valence-electron chi connectivity index (χ3n) is 2.68. The Morgan fingerprint density at radius 2 is 1.76 bits per heavy atom. The van der Waals surface area contributed by atoms with Crippen LogP contribution in [-0.4, -0.2) is 0 Å². The summed E-state index contributed by atoms with van der Waals surface area (Å²) in [7, 11) is 0. The Morgan fingerprint density at radius 1 is 0.941 bits per heavy atom. The van der Waals surface area contributed by atoms with Crippen LogP contribution in [0.15, 0.2) is 42.5 Å². The molecular formula is C14H8Cl2N. The SMILES string of the molecule is Clc1ccc(C2=Cc3ccccc3[N]2)c(Cl)c1. The molecule has 1 aliphatic rings. The second-order valence-corrected chi connectivity index (χ2v) is 4.67. The molecule has 1 heterocycles. The summed E-state index contributed by atoms with van der Waals surface area (Å²) in [6.07, 6.45) is 2.03. The van der Waals surface area contributed by atoms with E-state index in [1.54, 1.807) is 6.07 Å². The van der Waals surface area contributed by atoms with E-state index in [-0.39, 0.29) is 0 Å². The zero-order chi connectivity index (χ0) is 11.8. The lowest BCUT2D eigenvalue weighted by Gasteiger charge is -2.05. The van der Waals surface area contributed by atoms with Gasteiger partial charge in [0.1, 0.15) is 0 Å². The van der Waals surface area contributed by atoms with Crippen molar-refractivity contribution in [2.75, 3.05) is 0 Å². The van der Waals surface area contributed by atoms with E-state index in [2.05, 4.69) is 5.32 Å². The summed E-state index contributed by atoms with van der Waals surface area (Å²) in [5.41, 5.74) is 3.89. The highest BCUT2D eigenvalue weighted by atomic mass is 35.5. The molecule has 0 N–H and O–H groups in total. The van der Waals surface area contributed by atoms with Gasteiger partial charge in [0, 0.05) is 16.1 Å². The maximum atomic E-state index is 6.17. The minimum Gasteiger partial charge on any atom is -0.248 e. The van der Waals surface area contributed by atoms with Crippen molar-refractivity contribution >= 4 is 40.7 Å². The fourth-order valence-electron chi connectivity index (χ4n) is 1.86. The molecule has 0 saturated carbocycles. The molecule has 3 heteroatoms. The minimum atomic E-state index is 0.625. The van der Waals surface area contributed by atoms with Gasteiger partial charge in [-0.05, 0) is 30.3 Å². The number of fused-ring (bicyclic) bond motifs is 1. The van der Waals surface area contributed by atoms with Crippen LogP contribution >= 0.6 is 23.2 Å². The zero-order valence-corrected chi connectivity index (χ0v) is 10.3. The molecule has 0 amide bonds. The minimum absolute atomic E-state index is 0.625. The van der Waals surface area contributed by atoms with Gasteiger partial charge < -0.3 is 0 Å². The number of benzene rings is 2. The number of hydrogen-bond acceptors (Lipinski definition) is 0. The maximum absolute atomic E-state index is 6.17. The molecule has 1 aliphatic heterocycles. The third-order valence-corrected chi connectivity index (χ3v) is 3.22. The second-order valence-electron chi connectivity index (χ2n) is 3.82. The van der Waals surface area contributed by atoms with Crippen molar-refractivity contribution in [1.29, 1.82) is 0 Å². The molecule has 0 saturated heterocycles. The lowest BCUT2D eigenvalue weighted by atomic mass is 10.1. The molecule has 0 spiro atoms. The first-order chi connectivity index (χ1) is 8.24. The van der Waals surface area contributed by atoms with Gasteiger partial charge in [0.05, 0.1) is 16.4 Å². The van der Waals surface area contributed by atoms with Gasteiger partial charge >= 0.3 is 0 Å². The van der Waals surface area contributed by atoms with Crippen LogP contribution in [0.1, 0.15) is 11.1 Å². The summed E-state index contributed by atoms with van der Waals surface area (Å²) in [5.74, 6) is 0. The largest absolute Gasteiger partial charge is 0.248 e. The number of nitrogens with zero attached hydrogens (tertiary/aromatic N) is 1. The van der Waals surface area contributed by atoms with Gasteiger partial charge in [-0.25, -0.2) is 5.32 Å². The Bertz CT molecular complexity index is 617. The molecule has 0 aliphatic carbocycles. The average molecular weight is 261 g/mol. The van der Waals surface area contributed by atoms with E-state index < -0.39 is 0 Å². The second kappa shape index (κ2) is 4.10. The fraction of sp³-hybridized carbons (Fsp3) is 0. The van der Waals surface area contributed by atoms with E-state index in [0.29, 0.717) is 10.0 Å². The highest BCUT2D eigenvalue weighted by Gasteiger charge is 2.16. The Balaban J connectivity index is 2.04. The van der Waals surface area contributed by atoms with Crippen molar-refractivity contribution in [3.8, 4) is 0 Å². The predicted molar refractivity (Wildman–Crippen MR) is 72.6 cm³/mol. The average Bonchev–Trinajstić information content (AvgIpc) is 2.72. The van der Waals surface area contributed by atoms with Crippen molar-refractivity contribution in [2.45, 2.75) is 0 Å². The van der Waals surface area contributed by atoms with Crippen LogP contribution in [-0.2, 0) is 0 Å². The summed E-state index contributed by atoms with van der Waals surface area (Å²) >= 11 is 12.0. The summed E-state index contributed by atoms with van der Waals surface area (Å²) in [6.45, 7) is 0. The zero-order valence-electron chi connectivity index (χ0n) is 8.82. The normalized spacial score (nSPS) is 12.9. The lowest BCUT2D eigenvalue weighted by molar-refractivity contribution is 1.23. The molecular weight excluding hydrogens is 253 g/mol. The highest BCUT2D eigenvalue weighted by Crippen LogP contribution is 2.35. The van der Waals surface area contributed by atoms with E-state index in [1.165, 1.54) is 0 Å². The number of rotatable bonds is 1. The Kier molecular flexibility index (Phi) is 2.58. The molecule has 0 fully saturated rings. The summed E-state index contributed by atoms with van der Waals surface area (Å²) < 4.78 is 0. The van der Waals surface area contributed by atoms with Crippen molar-refractivity contribution in [1.82, 2.24) is 5.32 Å². The first kappa shape index (κ1) is 10.7. The quantitative estimate of drug-likeness (QED) is 0.703. The van der Waals surface area contributed by atoms with Gasteiger partial charge in [0.2, 0.25) is 0 Å². The molecule has 83 valence electrons. The molecule has 2 aromatic carbocycles. The molecule has 2 aromatic rings. The fourth-order valence-corrected chi connectivity index (χ4v) is 2.36. The Labute approximate surface area is 110 Å². The molecule has 0 atom stereocenters. The summed E-state index contributed by atoms with van der Waals surface area (Å²) in [5, 5.41) is 5.81. The van der Waals surface area contributed by atoms with Gasteiger partial charge in [0.15, 0.2) is 0 Å². The first-order valence-corrected chi connectivity index (χ1v) is 5.97. The van der Waals surface area contributed by atoms with Gasteiger partial charge in [-0.3, -0.25) is 0 Å². The van der Waals surface area contributed by atoms with Crippen LogP contribution in [0.4, 0.5) is 5.69 Å². The molecule has 1 radical (unpaired) electrons. The topological polar surface area (TPSA) is 14.1 Å². The van der Waals surface area contributed by atoms with Crippen LogP contribution in [0.25, 0.3) is 11.8 Å². The summed E-state index contributed by atoms with van der Waals surface area (Å²) in [4.78, 5) is 0. The molecule has 0 bridgehead atoms. The van der Waals surface area contributed by atoms with E-state index in [1.807, 2.05) is 42.5 Å². The van der Waals surface area contributed by atoms with Crippen LogP contribution in [0.5, 0.6) is 0 Å². The van der Waals surface area contributed by atoms with Gasteiger partial charge in [-0.1, -0.05) is 41.4 Å². The number of para-hydroxylation sites is 1. The lowest BCUT2D eigenvalue weighted by Crippen LogP contribution is -1.93. The smallest absolute Gasteiger partial charge is 0.0731 e.